The summed E-state index contributed by atoms with van der Waals surface area (Å²) in [7, 11) is 0. The Hall–Kier alpha value is -3.48. The van der Waals surface area contributed by atoms with Crippen LogP contribution in [0.2, 0.25) is 0 Å². The molecule has 1 amide bonds. The number of amides is 1. The zero-order valence-corrected chi connectivity index (χ0v) is 22.8. The van der Waals surface area contributed by atoms with Crippen molar-refractivity contribution in [2.24, 2.45) is 10.9 Å². The summed E-state index contributed by atoms with van der Waals surface area (Å²) in [4.78, 5) is 32.7. The van der Waals surface area contributed by atoms with Crippen LogP contribution in [0, 0.1) is 5.92 Å². The highest BCUT2D eigenvalue weighted by molar-refractivity contribution is 6.03. The van der Waals surface area contributed by atoms with E-state index in [1.54, 1.807) is 6.20 Å². The number of carbonyl (C=O) groups excluding carboxylic acids is 1. The van der Waals surface area contributed by atoms with E-state index in [1.807, 2.05) is 42.6 Å². The molecule has 0 bridgehead atoms. The minimum absolute atomic E-state index is 0.0818. The first-order valence-electron chi connectivity index (χ1n) is 14.5. The molecule has 0 unspecified atom stereocenters. The largest absolute Gasteiger partial charge is 0.481 e. The van der Waals surface area contributed by atoms with Gasteiger partial charge in [-0.15, -0.1) is 0 Å². The van der Waals surface area contributed by atoms with Gasteiger partial charge in [0.2, 0.25) is 11.8 Å². The summed E-state index contributed by atoms with van der Waals surface area (Å²) in [6.07, 6.45) is 18.3. The number of rotatable bonds is 14. The van der Waals surface area contributed by atoms with Crippen molar-refractivity contribution in [1.29, 1.82) is 0 Å². The molecule has 1 aliphatic heterocycles. The lowest BCUT2D eigenvalue weighted by Gasteiger charge is -2.21. The van der Waals surface area contributed by atoms with E-state index >= 15 is 0 Å². The van der Waals surface area contributed by atoms with Gasteiger partial charge >= 0.3 is 5.97 Å². The Morgan fingerprint density at radius 3 is 2.67 bits per heavy atom. The number of ether oxygens (including phenoxy) is 1. The van der Waals surface area contributed by atoms with Crippen LogP contribution in [0.4, 0.5) is 0 Å². The molecular weight excluding hydrogens is 490 g/mol. The van der Waals surface area contributed by atoms with Gasteiger partial charge in [-0.1, -0.05) is 75.3 Å². The van der Waals surface area contributed by atoms with Crippen molar-refractivity contribution in [3.05, 3.63) is 71.6 Å². The molecule has 208 valence electrons. The van der Waals surface area contributed by atoms with Gasteiger partial charge in [-0.25, -0.2) is 4.99 Å². The fourth-order valence-corrected chi connectivity index (χ4v) is 5.50. The van der Waals surface area contributed by atoms with Crippen LogP contribution in [0.15, 0.2) is 59.9 Å². The SMILES string of the molecule is O=C(O)CCCC/C=C(\c1cccnc1)c1ccccc1C1=N[C@H](C(=O)NCCCCC2CCCCC2)CO1. The van der Waals surface area contributed by atoms with Crippen molar-refractivity contribution < 1.29 is 19.4 Å². The van der Waals surface area contributed by atoms with E-state index in [2.05, 4.69) is 21.4 Å². The van der Waals surface area contributed by atoms with E-state index in [9.17, 15) is 9.59 Å². The number of hydrogen-bond donors (Lipinski definition) is 2. The highest BCUT2D eigenvalue weighted by atomic mass is 16.5. The van der Waals surface area contributed by atoms with Crippen molar-refractivity contribution in [3.8, 4) is 0 Å². The van der Waals surface area contributed by atoms with E-state index < -0.39 is 12.0 Å². The maximum atomic E-state index is 12.8. The second kappa shape index (κ2) is 15.2. The summed E-state index contributed by atoms with van der Waals surface area (Å²) in [5.41, 5.74) is 3.74. The minimum Gasteiger partial charge on any atom is -0.481 e. The average molecular weight is 532 g/mol. The summed E-state index contributed by atoms with van der Waals surface area (Å²) < 4.78 is 5.96. The number of pyridine rings is 1. The van der Waals surface area contributed by atoms with Gasteiger partial charge in [0.1, 0.15) is 6.61 Å². The predicted molar refractivity (Wildman–Crippen MR) is 154 cm³/mol. The number of unbranched alkanes of at least 4 members (excludes halogenated alkanes) is 3. The zero-order valence-electron chi connectivity index (χ0n) is 22.8. The monoisotopic (exact) mass is 531 g/mol. The van der Waals surface area contributed by atoms with Gasteiger partial charge in [-0.05, 0) is 54.9 Å². The fourth-order valence-electron chi connectivity index (χ4n) is 5.50. The normalized spacial score (nSPS) is 17.9. The Labute approximate surface area is 231 Å². The third kappa shape index (κ3) is 8.77. The predicted octanol–water partition coefficient (Wildman–Crippen LogP) is 6.17. The van der Waals surface area contributed by atoms with Crippen LogP contribution in [0.3, 0.4) is 0 Å². The lowest BCUT2D eigenvalue weighted by atomic mass is 9.86. The van der Waals surface area contributed by atoms with Gasteiger partial charge in [0.05, 0.1) is 0 Å². The zero-order chi connectivity index (χ0) is 27.3. The van der Waals surface area contributed by atoms with Crippen LogP contribution in [0.5, 0.6) is 0 Å². The lowest BCUT2D eigenvalue weighted by Crippen LogP contribution is -2.34. The van der Waals surface area contributed by atoms with Crippen molar-refractivity contribution >= 4 is 23.3 Å². The molecular formula is C32H41N3O4. The molecule has 1 atom stereocenters. The van der Waals surface area contributed by atoms with Crippen LogP contribution >= 0.6 is 0 Å². The van der Waals surface area contributed by atoms with E-state index in [1.165, 1.54) is 38.5 Å². The molecule has 2 N–H and O–H groups in total. The van der Waals surface area contributed by atoms with Crippen LogP contribution < -0.4 is 5.32 Å². The molecule has 0 saturated heterocycles. The number of benzene rings is 1. The summed E-state index contributed by atoms with van der Waals surface area (Å²) >= 11 is 0. The van der Waals surface area contributed by atoms with Crippen LogP contribution in [0.1, 0.15) is 93.7 Å². The summed E-state index contributed by atoms with van der Waals surface area (Å²) in [5.74, 6) is 0.497. The van der Waals surface area contributed by atoms with Gasteiger partial charge in [0.25, 0.3) is 0 Å². The van der Waals surface area contributed by atoms with Crippen LogP contribution in [-0.4, -0.2) is 47.1 Å². The number of nitrogens with zero attached hydrogens (tertiary/aromatic N) is 2. The molecule has 0 radical (unpaired) electrons. The highest BCUT2D eigenvalue weighted by Crippen LogP contribution is 2.29. The first-order valence-corrected chi connectivity index (χ1v) is 14.5. The van der Waals surface area contributed by atoms with Gasteiger partial charge in [-0.2, -0.15) is 0 Å². The number of aromatic nitrogens is 1. The van der Waals surface area contributed by atoms with Crippen molar-refractivity contribution in [3.63, 3.8) is 0 Å². The molecule has 7 nitrogen and oxygen atoms in total. The molecule has 1 saturated carbocycles. The van der Waals surface area contributed by atoms with E-state index in [0.29, 0.717) is 18.9 Å². The average Bonchev–Trinajstić information content (AvgIpc) is 3.46. The molecule has 1 aliphatic carbocycles. The number of aliphatic imine (C=N–C) groups is 1. The Balaban J connectivity index is 1.39. The van der Waals surface area contributed by atoms with Crippen molar-refractivity contribution in [1.82, 2.24) is 10.3 Å². The number of aliphatic carboxylic acids is 1. The summed E-state index contributed by atoms with van der Waals surface area (Å²) in [6.45, 7) is 0.915. The summed E-state index contributed by atoms with van der Waals surface area (Å²) in [5, 5.41) is 12.0. The molecule has 1 aromatic heterocycles. The van der Waals surface area contributed by atoms with Gasteiger partial charge in [0.15, 0.2) is 6.04 Å². The van der Waals surface area contributed by atoms with Gasteiger partial charge in [-0.3, -0.25) is 14.6 Å². The number of carboxylic acids is 1. The lowest BCUT2D eigenvalue weighted by molar-refractivity contribution is -0.137. The number of carbonyl (C=O) groups is 2. The number of nitrogens with one attached hydrogen (secondary N) is 1. The molecule has 4 rings (SSSR count). The first-order chi connectivity index (χ1) is 19.1. The highest BCUT2D eigenvalue weighted by Gasteiger charge is 2.28. The van der Waals surface area contributed by atoms with Crippen molar-refractivity contribution in [2.45, 2.75) is 83.1 Å². The Bertz CT molecular complexity index is 1140. The Morgan fingerprint density at radius 1 is 1.03 bits per heavy atom. The van der Waals surface area contributed by atoms with Crippen LogP contribution in [0.25, 0.3) is 5.57 Å². The first kappa shape index (κ1) is 28.5. The Morgan fingerprint density at radius 2 is 1.87 bits per heavy atom. The standard InChI is InChI=1S/C32H41N3O4/c36-30(37)19-6-2-5-16-26(25-15-11-20-33-22-25)27-17-7-8-18-28(27)32-35-29(23-39-32)31(38)34-21-10-9-14-24-12-3-1-4-13-24/h7-8,11,15-18,20,22,24,29H,1-6,9-10,12-14,19,21,23H2,(H,34,38)(H,36,37)/b26-16+/t29-/m0/s1. The molecule has 2 aromatic rings. The Kier molecular flexibility index (Phi) is 11.1. The fraction of sp³-hybridized carbons (Fsp3) is 0.500. The molecule has 39 heavy (non-hydrogen) atoms. The maximum Gasteiger partial charge on any atom is 0.303 e. The maximum absolute atomic E-state index is 12.8. The molecule has 0 spiro atoms. The topological polar surface area (TPSA) is 101 Å². The van der Waals surface area contributed by atoms with E-state index in [0.717, 1.165) is 53.9 Å². The van der Waals surface area contributed by atoms with E-state index in [-0.39, 0.29) is 18.9 Å². The molecule has 1 aromatic carbocycles. The van der Waals surface area contributed by atoms with Crippen molar-refractivity contribution in [2.75, 3.05) is 13.2 Å². The smallest absolute Gasteiger partial charge is 0.303 e. The molecule has 1 fully saturated rings. The number of hydrogen-bond acceptors (Lipinski definition) is 5. The molecule has 2 aliphatic rings. The second-order valence-corrected chi connectivity index (χ2v) is 10.6. The third-order valence-corrected chi connectivity index (χ3v) is 7.63. The number of carboxylic acid groups (broad SMARTS) is 1. The number of allylic oxidation sites excluding steroid dienone is 1. The van der Waals surface area contributed by atoms with Crippen LogP contribution in [-0.2, 0) is 14.3 Å². The van der Waals surface area contributed by atoms with Gasteiger partial charge in [0, 0.05) is 36.5 Å². The third-order valence-electron chi connectivity index (χ3n) is 7.63. The van der Waals surface area contributed by atoms with Gasteiger partial charge < -0.3 is 15.2 Å². The minimum atomic E-state index is -0.772. The molecule has 2 heterocycles. The van der Waals surface area contributed by atoms with E-state index in [4.69, 9.17) is 9.84 Å². The second-order valence-electron chi connectivity index (χ2n) is 10.6. The summed E-state index contributed by atoms with van der Waals surface area (Å²) in [6, 6.07) is 11.3. The molecule has 7 heteroatoms. The quantitative estimate of drug-likeness (QED) is 0.284.